The van der Waals surface area contributed by atoms with Crippen LogP contribution in [0, 0.1) is 0 Å². The highest BCUT2D eigenvalue weighted by Crippen LogP contribution is 2.41. The first-order valence-electron chi connectivity index (χ1n) is 33.5. The maximum atomic E-state index is 12.8. The van der Waals surface area contributed by atoms with Crippen LogP contribution in [0.3, 0.4) is 0 Å². The van der Waals surface area contributed by atoms with Gasteiger partial charge in [0.05, 0.1) is 66.1 Å². The van der Waals surface area contributed by atoms with Gasteiger partial charge in [-0.15, -0.1) is 0 Å². The van der Waals surface area contributed by atoms with Crippen LogP contribution in [0.4, 0.5) is 0 Å². The summed E-state index contributed by atoms with van der Waals surface area (Å²) in [4.78, 5) is 0. The first-order chi connectivity index (χ1) is 47.1. The van der Waals surface area contributed by atoms with E-state index < -0.39 is 106 Å². The standard InChI is InChI=1S/C79H90O16Si/c1-96(2,3)45-44-83-77-74(87-51-61-38-22-9-23-39-61)72(85-49-59-34-18-7-19-35-59)69(64(90-77)53-81-46-56-28-12-4-13-29-56)95-79-75(88-52-62-40-24-10-25-41-62)73(86-50-60-36-20-8-21-37-60)70(65(91-79)54-82-47-57-30-14-5-15-31-57)94-78-71(84-48-58-32-16-6-17-33-58)67(80)68-66(92-78)55-89-76(93-68)63-42-26-11-27-43-63/h4-43,64-80H,44-55H2,1-3H3/t64-,65-,66-,67+,68+,69-,70+,71-,72+,73+,74-,75-,76-,77-,78-,79+/m1/s1. The quantitative estimate of drug-likeness (QED) is 0.0397. The molecule has 0 amide bonds. The number of hydrogen-bond donors (Lipinski definition) is 1. The van der Waals surface area contributed by atoms with Crippen molar-refractivity contribution in [1.82, 2.24) is 0 Å². The zero-order valence-electron chi connectivity index (χ0n) is 54.9. The Hall–Kier alpha value is -6.66. The van der Waals surface area contributed by atoms with Crippen LogP contribution in [0.5, 0.6) is 0 Å². The van der Waals surface area contributed by atoms with Crippen LogP contribution in [0.25, 0.3) is 0 Å². The Labute approximate surface area is 565 Å². The SMILES string of the molecule is C[Si](C)(C)CCO[C@@H]1O[C@H](COCc2ccccc2)[C@@H](O[C@@H]2O[C@H](COCc3ccccc3)[C@H](O[C@H]3O[C@@H]4CO[C@@H](c5ccccc5)O[C@@H]4[C@H](O)[C@H]3OCc3ccccc3)[C@H](OCc3ccccc3)[C@H]2OCc2ccccc2)[C@H](OCc2ccccc2)[C@H]1OCc1ccccc1. The first-order valence-corrected chi connectivity index (χ1v) is 37.2. The average Bonchev–Trinajstić information content (AvgIpc) is 0.782. The van der Waals surface area contributed by atoms with E-state index in [9.17, 15) is 5.11 Å². The number of ether oxygens (including phenoxy) is 15. The second kappa shape index (κ2) is 35.2. The van der Waals surface area contributed by atoms with Gasteiger partial charge in [-0.05, 0) is 45.0 Å². The van der Waals surface area contributed by atoms with Crippen molar-refractivity contribution in [3.8, 4) is 0 Å². The van der Waals surface area contributed by atoms with Crippen LogP contribution >= 0.6 is 0 Å². The van der Waals surface area contributed by atoms with Crippen LogP contribution in [0.2, 0.25) is 25.7 Å². The molecule has 4 heterocycles. The third-order valence-electron chi connectivity index (χ3n) is 17.5. The van der Waals surface area contributed by atoms with Gasteiger partial charge < -0.3 is 76.2 Å². The molecule has 17 heteroatoms. The molecule has 4 fully saturated rings. The Morgan fingerprint density at radius 2 is 0.688 bits per heavy atom. The smallest absolute Gasteiger partial charge is 0.187 e. The van der Waals surface area contributed by atoms with Crippen LogP contribution < -0.4 is 0 Å². The number of hydrogen-bond acceptors (Lipinski definition) is 16. The fourth-order valence-corrected chi connectivity index (χ4v) is 13.1. The molecule has 4 aliphatic heterocycles. The topological polar surface area (TPSA) is 159 Å². The molecule has 8 aromatic carbocycles. The molecule has 4 aliphatic rings. The molecule has 506 valence electrons. The highest BCUT2D eigenvalue weighted by Gasteiger charge is 2.58. The van der Waals surface area contributed by atoms with Crippen molar-refractivity contribution in [2.75, 3.05) is 26.4 Å². The Kier molecular flexibility index (Phi) is 25.4. The lowest BCUT2D eigenvalue weighted by atomic mass is 9.94. The molecule has 0 bridgehead atoms. The van der Waals surface area contributed by atoms with Crippen LogP contribution in [-0.4, -0.2) is 132 Å². The summed E-state index contributed by atoms with van der Waals surface area (Å²) < 4.78 is 106. The number of aliphatic hydroxyl groups is 1. The number of fused-ring (bicyclic) bond motifs is 1. The van der Waals surface area contributed by atoms with Gasteiger partial charge in [-0.2, -0.15) is 0 Å². The molecular formula is C79H90O16Si. The third-order valence-corrected chi connectivity index (χ3v) is 19.2. The lowest BCUT2D eigenvalue weighted by Crippen LogP contribution is -2.68. The van der Waals surface area contributed by atoms with E-state index in [1.165, 1.54) is 0 Å². The zero-order valence-corrected chi connectivity index (χ0v) is 55.9. The van der Waals surface area contributed by atoms with Gasteiger partial charge in [-0.3, -0.25) is 0 Å². The van der Waals surface area contributed by atoms with Gasteiger partial charge in [0.15, 0.2) is 25.2 Å². The minimum Gasteiger partial charge on any atom is -0.387 e. The van der Waals surface area contributed by atoms with Crippen LogP contribution in [-0.2, 0) is 117 Å². The molecule has 1 N–H and O–H groups in total. The summed E-state index contributed by atoms with van der Waals surface area (Å²) in [5.41, 5.74) is 7.29. The second-order valence-corrected chi connectivity index (χ2v) is 31.6. The maximum Gasteiger partial charge on any atom is 0.187 e. The molecular weight excluding hydrogens is 1230 g/mol. The molecule has 96 heavy (non-hydrogen) atoms. The first kappa shape index (κ1) is 69.2. The Morgan fingerprint density at radius 3 is 1.08 bits per heavy atom. The summed E-state index contributed by atoms with van der Waals surface area (Å²) in [6.07, 6.45) is -16.0. The van der Waals surface area contributed by atoms with E-state index in [0.29, 0.717) is 6.61 Å². The molecule has 8 aromatic rings. The minimum absolute atomic E-state index is 0.0353. The third kappa shape index (κ3) is 19.6. The average molecular weight is 1320 g/mol. The summed E-state index contributed by atoms with van der Waals surface area (Å²) in [6.45, 7) is 8.79. The summed E-state index contributed by atoms with van der Waals surface area (Å²) in [5.74, 6) is 0. The fourth-order valence-electron chi connectivity index (χ4n) is 12.3. The van der Waals surface area contributed by atoms with E-state index in [4.69, 9.17) is 71.1 Å². The number of rotatable bonds is 32. The second-order valence-electron chi connectivity index (χ2n) is 26.0. The van der Waals surface area contributed by atoms with Crippen molar-refractivity contribution in [3.05, 3.63) is 287 Å². The van der Waals surface area contributed by atoms with Gasteiger partial charge in [-0.25, -0.2) is 0 Å². The summed E-state index contributed by atoms with van der Waals surface area (Å²) in [7, 11) is -1.61. The maximum absolute atomic E-state index is 12.8. The van der Waals surface area contributed by atoms with Crippen molar-refractivity contribution >= 4 is 8.07 Å². The molecule has 0 aliphatic carbocycles. The molecule has 12 rings (SSSR count). The van der Waals surface area contributed by atoms with E-state index in [1.807, 2.05) is 243 Å². The van der Waals surface area contributed by atoms with Gasteiger partial charge in [0.25, 0.3) is 0 Å². The Bertz CT molecular complexity index is 3460. The van der Waals surface area contributed by atoms with Gasteiger partial charge in [0.1, 0.15) is 73.2 Å². The van der Waals surface area contributed by atoms with E-state index in [0.717, 1.165) is 50.6 Å². The Morgan fingerprint density at radius 1 is 0.354 bits per heavy atom. The van der Waals surface area contributed by atoms with Gasteiger partial charge in [0.2, 0.25) is 0 Å². The molecule has 0 saturated carbocycles. The van der Waals surface area contributed by atoms with E-state index in [2.05, 4.69) is 19.6 Å². The van der Waals surface area contributed by atoms with Gasteiger partial charge in [-0.1, -0.05) is 262 Å². The highest BCUT2D eigenvalue weighted by molar-refractivity contribution is 6.76. The molecule has 16 nitrogen and oxygen atoms in total. The molecule has 0 unspecified atom stereocenters. The molecule has 0 spiro atoms. The minimum atomic E-state index is -1.61. The number of aliphatic hydroxyl groups excluding tert-OH is 1. The fraction of sp³-hybridized carbons (Fsp3) is 0.392. The van der Waals surface area contributed by atoms with Gasteiger partial charge in [0, 0.05) is 20.2 Å². The van der Waals surface area contributed by atoms with Crippen molar-refractivity contribution < 1.29 is 76.2 Å². The highest BCUT2D eigenvalue weighted by atomic mass is 28.3. The van der Waals surface area contributed by atoms with E-state index >= 15 is 0 Å². The van der Waals surface area contributed by atoms with E-state index in [-0.39, 0.29) is 66.1 Å². The molecule has 0 radical (unpaired) electrons. The normalized spacial score (nSPS) is 27.6. The van der Waals surface area contributed by atoms with Crippen LogP contribution in [0.15, 0.2) is 243 Å². The largest absolute Gasteiger partial charge is 0.387 e. The van der Waals surface area contributed by atoms with Crippen molar-refractivity contribution in [2.45, 2.75) is 170 Å². The van der Waals surface area contributed by atoms with E-state index in [1.54, 1.807) is 0 Å². The zero-order chi connectivity index (χ0) is 65.7. The summed E-state index contributed by atoms with van der Waals surface area (Å²) in [5, 5.41) is 12.8. The molecule has 16 atom stereocenters. The Balaban J connectivity index is 0.955. The van der Waals surface area contributed by atoms with Crippen molar-refractivity contribution in [1.29, 1.82) is 0 Å². The predicted molar refractivity (Wildman–Crippen MR) is 363 cm³/mol. The summed E-state index contributed by atoms with van der Waals surface area (Å²) in [6, 6.07) is 80.2. The molecule has 0 aromatic heterocycles. The molecule has 4 saturated heterocycles. The van der Waals surface area contributed by atoms with Gasteiger partial charge >= 0.3 is 0 Å². The predicted octanol–water partition coefficient (Wildman–Crippen LogP) is 13.1. The lowest BCUT2D eigenvalue weighted by molar-refractivity contribution is -0.403. The van der Waals surface area contributed by atoms with Crippen LogP contribution in [0.1, 0.15) is 50.8 Å². The monoisotopic (exact) mass is 1320 g/mol. The van der Waals surface area contributed by atoms with Crippen molar-refractivity contribution in [3.63, 3.8) is 0 Å². The van der Waals surface area contributed by atoms with Crippen molar-refractivity contribution in [2.24, 2.45) is 0 Å². The summed E-state index contributed by atoms with van der Waals surface area (Å²) >= 11 is 0. The lowest BCUT2D eigenvalue weighted by Gasteiger charge is -2.52. The number of benzene rings is 8.